The van der Waals surface area contributed by atoms with Crippen molar-refractivity contribution in [3.05, 3.63) is 11.6 Å². The van der Waals surface area contributed by atoms with Crippen LogP contribution in [-0.4, -0.2) is 28.4 Å². The number of carboxylic acid groups (broad SMARTS) is 1. The van der Waals surface area contributed by atoms with Gasteiger partial charge in [-0.05, 0) is 110 Å². The van der Waals surface area contributed by atoms with E-state index in [0.717, 1.165) is 60.5 Å². The number of ketones is 1. The topological polar surface area (TPSA) is 54.4 Å². The van der Waals surface area contributed by atoms with E-state index in [1.54, 1.807) is 11.8 Å². The summed E-state index contributed by atoms with van der Waals surface area (Å²) in [7, 11) is 0. The molecule has 0 bridgehead atoms. The molecule has 0 heterocycles. The Morgan fingerprint density at radius 2 is 1.86 bits per heavy atom. The van der Waals surface area contributed by atoms with E-state index in [9.17, 15) is 9.59 Å². The standard InChI is InChI=1S/C32H52O3S/c1-21(2)7-6-8-22(3)26-11-12-27-25-10-9-24-19-29(33)23(14-17-36-18-15-30(34)35)20-32(24,5)28(25)13-16-31(26,27)4/h19,21-23,25-28H,6-18,20H2,1-5H3,(H,34,35)/t22-,23-,25+,26-,27+,28+,31-,32+/m1/s1. The number of allylic oxidation sites excluding steroid dienone is 1. The zero-order valence-electron chi connectivity index (χ0n) is 23.7. The molecule has 0 aromatic carbocycles. The van der Waals surface area contributed by atoms with Gasteiger partial charge >= 0.3 is 5.97 Å². The highest BCUT2D eigenvalue weighted by molar-refractivity contribution is 7.99. The molecule has 3 nitrogen and oxygen atoms in total. The summed E-state index contributed by atoms with van der Waals surface area (Å²) < 4.78 is 0. The first kappa shape index (κ1) is 28.2. The van der Waals surface area contributed by atoms with Gasteiger partial charge in [-0.25, -0.2) is 0 Å². The van der Waals surface area contributed by atoms with E-state index in [-0.39, 0.29) is 17.8 Å². The highest BCUT2D eigenvalue weighted by Gasteiger charge is 2.60. The lowest BCUT2D eigenvalue weighted by molar-refractivity contribution is -0.136. The maximum Gasteiger partial charge on any atom is 0.304 e. The summed E-state index contributed by atoms with van der Waals surface area (Å²) in [6.07, 6.45) is 16.4. The molecule has 0 radical (unpaired) electrons. The molecule has 0 aromatic heterocycles. The fourth-order valence-corrected chi connectivity index (χ4v) is 10.5. The van der Waals surface area contributed by atoms with Crippen LogP contribution in [0.2, 0.25) is 0 Å². The van der Waals surface area contributed by atoms with Gasteiger partial charge in [0.2, 0.25) is 0 Å². The number of hydrogen-bond donors (Lipinski definition) is 1. The number of aliphatic carboxylic acids is 1. The molecule has 1 N–H and O–H groups in total. The van der Waals surface area contributed by atoms with Crippen LogP contribution in [0.3, 0.4) is 0 Å². The second-order valence-corrected chi connectivity index (χ2v) is 15.1. The first-order valence-electron chi connectivity index (χ1n) is 15.1. The average molecular weight is 517 g/mol. The molecule has 0 aliphatic heterocycles. The fourth-order valence-electron chi connectivity index (χ4n) is 9.50. The Kier molecular flexibility index (Phi) is 9.05. The molecule has 0 amide bonds. The third kappa shape index (κ3) is 5.64. The Labute approximate surface area is 225 Å². The maximum absolute atomic E-state index is 13.0. The molecule has 3 saturated carbocycles. The lowest BCUT2D eigenvalue weighted by atomic mass is 9.45. The van der Waals surface area contributed by atoms with E-state index < -0.39 is 5.97 Å². The van der Waals surface area contributed by atoms with E-state index in [0.29, 0.717) is 17.0 Å². The molecule has 4 heteroatoms. The number of hydrogen-bond acceptors (Lipinski definition) is 3. The number of thioether (sulfide) groups is 1. The predicted octanol–water partition coefficient (Wildman–Crippen LogP) is 8.42. The monoisotopic (exact) mass is 516 g/mol. The van der Waals surface area contributed by atoms with Crippen LogP contribution in [0.5, 0.6) is 0 Å². The Morgan fingerprint density at radius 3 is 2.58 bits per heavy atom. The Morgan fingerprint density at radius 1 is 1.08 bits per heavy atom. The quantitative estimate of drug-likeness (QED) is 0.280. The van der Waals surface area contributed by atoms with Gasteiger partial charge in [-0.15, -0.1) is 0 Å². The molecular formula is C32H52O3S. The van der Waals surface area contributed by atoms with E-state index in [2.05, 4.69) is 40.7 Å². The molecule has 0 saturated heterocycles. The van der Waals surface area contributed by atoms with Crippen LogP contribution in [-0.2, 0) is 9.59 Å². The highest BCUT2D eigenvalue weighted by Crippen LogP contribution is 2.68. The van der Waals surface area contributed by atoms with Gasteiger partial charge < -0.3 is 5.11 Å². The van der Waals surface area contributed by atoms with Crippen molar-refractivity contribution in [3.63, 3.8) is 0 Å². The molecular weight excluding hydrogens is 464 g/mol. The van der Waals surface area contributed by atoms with Gasteiger partial charge in [-0.2, -0.15) is 11.8 Å². The lowest BCUT2D eigenvalue weighted by Crippen LogP contribution is -2.52. The predicted molar refractivity (Wildman–Crippen MR) is 151 cm³/mol. The Bertz CT molecular complexity index is 833. The van der Waals surface area contributed by atoms with Crippen molar-refractivity contribution in [2.45, 2.75) is 112 Å². The summed E-state index contributed by atoms with van der Waals surface area (Å²) in [5, 5.41) is 8.89. The summed E-state index contributed by atoms with van der Waals surface area (Å²) in [4.78, 5) is 23.8. The molecule has 0 aromatic rings. The summed E-state index contributed by atoms with van der Waals surface area (Å²) in [5.41, 5.74) is 2.17. The first-order chi connectivity index (χ1) is 17.1. The van der Waals surface area contributed by atoms with Gasteiger partial charge in [0.25, 0.3) is 0 Å². The summed E-state index contributed by atoms with van der Waals surface area (Å²) in [6, 6.07) is 0. The number of carbonyl (C=O) groups is 2. The third-order valence-electron chi connectivity index (χ3n) is 11.4. The molecule has 8 atom stereocenters. The van der Waals surface area contributed by atoms with Crippen molar-refractivity contribution < 1.29 is 14.7 Å². The van der Waals surface area contributed by atoms with Gasteiger partial charge in [-0.1, -0.05) is 59.5 Å². The van der Waals surface area contributed by atoms with E-state index >= 15 is 0 Å². The second kappa shape index (κ2) is 11.5. The number of carboxylic acids is 1. The fraction of sp³-hybridized carbons (Fsp3) is 0.875. The third-order valence-corrected chi connectivity index (χ3v) is 12.4. The molecule has 204 valence electrons. The van der Waals surface area contributed by atoms with Crippen LogP contribution >= 0.6 is 11.8 Å². The number of carbonyl (C=O) groups excluding carboxylic acids is 1. The Hall–Kier alpha value is -0.770. The molecule has 3 fully saturated rings. The highest BCUT2D eigenvalue weighted by atomic mass is 32.2. The van der Waals surface area contributed by atoms with Crippen molar-refractivity contribution >= 4 is 23.5 Å². The minimum absolute atomic E-state index is 0.125. The van der Waals surface area contributed by atoms with Crippen LogP contribution in [0, 0.1) is 52.3 Å². The van der Waals surface area contributed by atoms with Crippen LogP contribution in [0.25, 0.3) is 0 Å². The van der Waals surface area contributed by atoms with Crippen molar-refractivity contribution in [2.24, 2.45) is 52.3 Å². The van der Waals surface area contributed by atoms with E-state index in [4.69, 9.17) is 5.11 Å². The molecule has 4 rings (SSSR count). The summed E-state index contributed by atoms with van der Waals surface area (Å²) in [5.74, 6) is 6.28. The van der Waals surface area contributed by atoms with E-state index in [1.807, 2.05) is 0 Å². The average Bonchev–Trinajstić information content (AvgIpc) is 3.16. The number of rotatable bonds is 11. The van der Waals surface area contributed by atoms with E-state index in [1.165, 1.54) is 56.9 Å². The van der Waals surface area contributed by atoms with Gasteiger partial charge in [0, 0.05) is 11.7 Å². The van der Waals surface area contributed by atoms with Crippen LogP contribution in [0.4, 0.5) is 0 Å². The van der Waals surface area contributed by atoms with Crippen molar-refractivity contribution in [1.29, 1.82) is 0 Å². The smallest absolute Gasteiger partial charge is 0.304 e. The molecule has 4 aliphatic rings. The van der Waals surface area contributed by atoms with Gasteiger partial charge in [0.05, 0.1) is 6.42 Å². The van der Waals surface area contributed by atoms with Crippen molar-refractivity contribution in [2.75, 3.05) is 11.5 Å². The number of fused-ring (bicyclic) bond motifs is 5. The van der Waals surface area contributed by atoms with Crippen LogP contribution in [0.15, 0.2) is 11.6 Å². The lowest BCUT2D eigenvalue weighted by Gasteiger charge is -2.59. The largest absolute Gasteiger partial charge is 0.481 e. The summed E-state index contributed by atoms with van der Waals surface area (Å²) in [6.45, 7) is 12.4. The zero-order valence-corrected chi connectivity index (χ0v) is 24.5. The normalized spacial score (nSPS) is 38.8. The van der Waals surface area contributed by atoms with Crippen molar-refractivity contribution in [3.8, 4) is 0 Å². The van der Waals surface area contributed by atoms with Crippen LogP contribution < -0.4 is 0 Å². The van der Waals surface area contributed by atoms with Crippen LogP contribution in [0.1, 0.15) is 112 Å². The van der Waals surface area contributed by atoms with Gasteiger partial charge in [0.15, 0.2) is 5.78 Å². The molecule has 0 spiro atoms. The van der Waals surface area contributed by atoms with Gasteiger partial charge in [-0.3, -0.25) is 9.59 Å². The SMILES string of the molecule is CC(C)CCC[C@@H](C)[C@H]1CC[C@H]2[C@@H]3CCC4=CC(=O)[C@H](CCSCCC(=O)O)C[C@]4(C)[C@H]3CC[C@]12C. The molecule has 36 heavy (non-hydrogen) atoms. The minimum Gasteiger partial charge on any atom is -0.481 e. The molecule has 0 unspecified atom stereocenters. The maximum atomic E-state index is 13.0. The molecule has 4 aliphatic carbocycles. The second-order valence-electron chi connectivity index (χ2n) is 13.9. The first-order valence-corrected chi connectivity index (χ1v) is 16.3. The summed E-state index contributed by atoms with van der Waals surface area (Å²) >= 11 is 1.70. The van der Waals surface area contributed by atoms with Crippen molar-refractivity contribution in [1.82, 2.24) is 0 Å². The minimum atomic E-state index is -0.729. The zero-order chi connectivity index (χ0) is 26.1. The Balaban J connectivity index is 1.41. The van der Waals surface area contributed by atoms with Gasteiger partial charge in [0.1, 0.15) is 0 Å².